The fourth-order valence-electron chi connectivity index (χ4n) is 8.55. The van der Waals surface area contributed by atoms with E-state index >= 15 is 0 Å². The molecule has 5 rings (SSSR count). The lowest BCUT2D eigenvalue weighted by molar-refractivity contribution is -0.295. The number of rotatable bonds is 22. The molecule has 21 heteroatoms. The summed E-state index contributed by atoms with van der Waals surface area (Å²) in [5, 5.41) is 80.1. The van der Waals surface area contributed by atoms with Gasteiger partial charge in [-0.1, -0.05) is 67.6 Å². The number of aliphatic hydroxyl groups is 5. The van der Waals surface area contributed by atoms with Crippen LogP contribution in [0.1, 0.15) is 78.2 Å². The minimum atomic E-state index is -1.62. The zero-order valence-corrected chi connectivity index (χ0v) is 36.9. The fourth-order valence-corrected chi connectivity index (χ4v) is 8.55. The second-order valence-corrected chi connectivity index (χ2v) is 17.0. The van der Waals surface area contributed by atoms with Crippen LogP contribution in [0, 0.1) is 24.2 Å². The number of hydrogen-bond acceptors (Lipinski definition) is 16. The molecule has 3 amide bonds. The summed E-state index contributed by atoms with van der Waals surface area (Å²) in [5.74, 6) is -1.91. The molecule has 2 saturated heterocycles. The van der Waals surface area contributed by atoms with Crippen LogP contribution >= 0.6 is 0 Å². The first-order valence-electron chi connectivity index (χ1n) is 22.2. The van der Waals surface area contributed by atoms with Crippen LogP contribution in [0.3, 0.4) is 0 Å². The van der Waals surface area contributed by atoms with Crippen LogP contribution in [0.15, 0.2) is 36.5 Å². The summed E-state index contributed by atoms with van der Waals surface area (Å²) in [7, 11) is 0. The van der Waals surface area contributed by atoms with Crippen LogP contribution in [0.5, 0.6) is 0 Å². The maximum Gasteiger partial charge on any atom is 0.332 e. The number of terminal acetylenes is 1. The lowest BCUT2D eigenvalue weighted by Gasteiger charge is -2.45. The number of nitrogens with one attached hydrogen (secondary N) is 3. The van der Waals surface area contributed by atoms with Crippen molar-refractivity contribution in [3.63, 3.8) is 0 Å². The highest BCUT2D eigenvalue weighted by Crippen LogP contribution is 2.33. The molecule has 9 N–H and O–H groups in total. The van der Waals surface area contributed by atoms with Gasteiger partial charge in [0.05, 0.1) is 37.7 Å². The van der Waals surface area contributed by atoms with Crippen LogP contribution < -0.4 is 16.0 Å². The number of carboxylic acids is 1. The van der Waals surface area contributed by atoms with E-state index in [0.29, 0.717) is 5.69 Å². The van der Waals surface area contributed by atoms with Crippen LogP contribution in [-0.2, 0) is 42.9 Å². The zero-order chi connectivity index (χ0) is 47.2. The van der Waals surface area contributed by atoms with E-state index in [-0.39, 0.29) is 44.9 Å². The summed E-state index contributed by atoms with van der Waals surface area (Å²) in [6.07, 6.45) is -3.21. The van der Waals surface area contributed by atoms with Gasteiger partial charge in [-0.25, -0.2) is 9.48 Å². The Kier molecular flexibility index (Phi) is 19.6. The van der Waals surface area contributed by atoms with Crippen LogP contribution in [0.25, 0.3) is 11.3 Å². The Balaban J connectivity index is 1.41. The average molecular weight is 917 g/mol. The van der Waals surface area contributed by atoms with Crippen molar-refractivity contribution in [2.45, 2.75) is 152 Å². The van der Waals surface area contributed by atoms with Crippen molar-refractivity contribution in [2.75, 3.05) is 26.3 Å². The van der Waals surface area contributed by atoms with E-state index in [1.54, 1.807) is 13.1 Å². The molecular weight excluding hydrogens is 853 g/mol. The average Bonchev–Trinajstić information content (AvgIpc) is 3.79. The molecule has 14 atom stereocenters. The molecule has 360 valence electrons. The van der Waals surface area contributed by atoms with Crippen molar-refractivity contribution in [1.82, 2.24) is 30.9 Å². The minimum absolute atomic E-state index is 0.00548. The van der Waals surface area contributed by atoms with Crippen molar-refractivity contribution >= 4 is 23.7 Å². The normalized spacial score (nSPS) is 29.1. The molecule has 9 unspecified atom stereocenters. The Morgan fingerprint density at radius 2 is 1.65 bits per heavy atom. The Morgan fingerprint density at radius 3 is 2.31 bits per heavy atom. The molecule has 1 saturated carbocycles. The van der Waals surface area contributed by atoms with Gasteiger partial charge in [0.15, 0.2) is 18.7 Å². The maximum absolute atomic E-state index is 14.1. The summed E-state index contributed by atoms with van der Waals surface area (Å²) in [5.41, 5.74) is 1.25. The van der Waals surface area contributed by atoms with Crippen molar-refractivity contribution in [1.29, 1.82) is 0 Å². The van der Waals surface area contributed by atoms with E-state index in [4.69, 9.17) is 30.1 Å². The smallest absolute Gasteiger partial charge is 0.332 e. The van der Waals surface area contributed by atoms with Crippen LogP contribution in [0.2, 0.25) is 0 Å². The molecule has 0 spiro atoms. The monoisotopic (exact) mass is 916 g/mol. The number of carbonyl (C=O) groups is 4. The van der Waals surface area contributed by atoms with Gasteiger partial charge in [0.2, 0.25) is 11.8 Å². The fraction of sp³-hybridized carbons (Fsp3) is 0.682. The first-order valence-corrected chi connectivity index (χ1v) is 22.2. The van der Waals surface area contributed by atoms with E-state index in [1.165, 1.54) is 18.5 Å². The second-order valence-electron chi connectivity index (χ2n) is 17.0. The molecule has 1 aliphatic carbocycles. The van der Waals surface area contributed by atoms with Gasteiger partial charge in [-0.3, -0.25) is 14.4 Å². The Labute approximate surface area is 377 Å². The van der Waals surface area contributed by atoms with Crippen molar-refractivity contribution in [2.24, 2.45) is 11.8 Å². The summed E-state index contributed by atoms with van der Waals surface area (Å²) in [6.45, 7) is 3.40. The lowest BCUT2D eigenvalue weighted by Crippen LogP contribution is -2.66. The van der Waals surface area contributed by atoms with Gasteiger partial charge in [0.25, 0.3) is 5.91 Å². The minimum Gasteiger partial charge on any atom is -0.479 e. The number of amides is 3. The Bertz CT molecular complexity index is 1880. The molecule has 2 aliphatic heterocycles. The van der Waals surface area contributed by atoms with Crippen molar-refractivity contribution in [3.05, 3.63) is 36.5 Å². The number of aliphatic carboxylic acids is 1. The molecule has 3 fully saturated rings. The number of ether oxygens (including phenoxy) is 5. The molecule has 1 aromatic carbocycles. The predicted molar refractivity (Wildman–Crippen MR) is 228 cm³/mol. The quantitative estimate of drug-likeness (QED) is 0.0526. The third-order valence-corrected chi connectivity index (χ3v) is 12.1. The third kappa shape index (κ3) is 14.4. The number of benzene rings is 1. The molecule has 65 heavy (non-hydrogen) atoms. The lowest BCUT2D eigenvalue weighted by atomic mass is 9.85. The van der Waals surface area contributed by atoms with Gasteiger partial charge in [-0.15, -0.1) is 11.5 Å². The third-order valence-electron chi connectivity index (χ3n) is 12.1. The predicted octanol–water partition coefficient (Wildman–Crippen LogP) is -0.611. The van der Waals surface area contributed by atoms with Gasteiger partial charge in [-0.05, 0) is 44.9 Å². The number of carboxylic acid groups (broad SMARTS) is 1. The standard InChI is InChI=1S/C44H64N6O15/c1-5-34(53)45-16-17-46-41(58)29(20-30(23-61-44-39(57)38(56)36(54)25(3)63-44)50-21-31(48-49-50)28-14-10-7-11-15-28)18-24(2)62-43-35(47-26(4)52)40(37(55)33(22-51)65-43)64-32(42(59)60)19-27-12-8-6-9-13-27/h1,7,10-11,14-15,21,24-25,27,29-30,32-33,35-40,43-44,51,54-57H,6,8-9,12-13,16-20,22-23H2,2-4H3,(H,45,53)(H,46,58)(H,47,52)(H,59,60)/t24-,25?,29?,30+,32-,33-,35?,36?,37?,38?,39?,40?,43+,44?/m0/s1. The SMILES string of the molecule is C#CC(=O)NCCNC(=O)C(C[C@H](COC1OC(C)C(O)C(O)C1O)n1cc(-c2ccccc2)nn1)C[C@H](C)O[C@@H]1O[C@@H](CO)C(O)C(O[C@@H](CC2CCCCC2)C(=O)O)C1NC(C)=O. The molecule has 21 nitrogen and oxygen atoms in total. The van der Waals surface area contributed by atoms with Gasteiger partial charge >= 0.3 is 5.97 Å². The Hall–Kier alpha value is -4.60. The first kappa shape index (κ1) is 51.4. The highest BCUT2D eigenvalue weighted by molar-refractivity contribution is 5.92. The molecule has 0 radical (unpaired) electrons. The van der Waals surface area contributed by atoms with Crippen LogP contribution in [-0.4, -0.2) is 169 Å². The molecule has 0 bridgehead atoms. The summed E-state index contributed by atoms with van der Waals surface area (Å²) in [4.78, 5) is 51.0. The van der Waals surface area contributed by atoms with Crippen molar-refractivity contribution in [3.8, 4) is 23.6 Å². The van der Waals surface area contributed by atoms with Gasteiger partial charge < -0.3 is 70.3 Å². The molecular formula is C44H64N6O15. The maximum atomic E-state index is 14.1. The number of carbonyl (C=O) groups excluding carboxylic acids is 3. The van der Waals surface area contributed by atoms with E-state index in [2.05, 4.69) is 26.3 Å². The van der Waals surface area contributed by atoms with Gasteiger partial charge in [0.1, 0.15) is 48.4 Å². The number of aromatic nitrogens is 3. The second kappa shape index (κ2) is 24.8. The first-order chi connectivity index (χ1) is 31.1. The summed E-state index contributed by atoms with van der Waals surface area (Å²) in [6, 6.07) is 7.11. The van der Waals surface area contributed by atoms with E-state index in [0.717, 1.165) is 37.7 Å². The van der Waals surface area contributed by atoms with E-state index in [1.807, 2.05) is 36.3 Å². The molecule has 1 aromatic heterocycles. The van der Waals surface area contributed by atoms with E-state index in [9.17, 15) is 49.8 Å². The largest absolute Gasteiger partial charge is 0.479 e. The summed E-state index contributed by atoms with van der Waals surface area (Å²) < 4.78 is 31.7. The number of hydrogen-bond donors (Lipinski definition) is 9. The summed E-state index contributed by atoms with van der Waals surface area (Å²) >= 11 is 0. The van der Waals surface area contributed by atoms with Crippen LogP contribution in [0.4, 0.5) is 0 Å². The highest BCUT2D eigenvalue weighted by atomic mass is 16.7. The molecule has 2 aromatic rings. The van der Waals surface area contributed by atoms with Gasteiger partial charge in [-0.2, -0.15) is 0 Å². The topological polar surface area (TPSA) is 303 Å². The van der Waals surface area contributed by atoms with E-state index < -0.39 is 116 Å². The molecule has 3 heterocycles. The highest BCUT2D eigenvalue weighted by Gasteiger charge is 2.49. The zero-order valence-electron chi connectivity index (χ0n) is 36.9. The Morgan fingerprint density at radius 1 is 0.938 bits per heavy atom. The molecule has 3 aliphatic rings. The van der Waals surface area contributed by atoms with Gasteiger partial charge in [0, 0.05) is 31.5 Å². The number of aliphatic hydroxyl groups excluding tert-OH is 5. The number of nitrogens with zero attached hydrogens (tertiary/aromatic N) is 3. The van der Waals surface area contributed by atoms with Crippen molar-refractivity contribution < 1.29 is 73.5 Å².